The third kappa shape index (κ3) is 3.17. The molecule has 0 radical (unpaired) electrons. The maximum Gasteiger partial charge on any atom is 0.144 e. The number of hydrogen-bond acceptors (Lipinski definition) is 3. The van der Waals surface area contributed by atoms with Crippen LogP contribution in [0.2, 0.25) is 10.0 Å². The van der Waals surface area contributed by atoms with Gasteiger partial charge in [0.2, 0.25) is 0 Å². The van der Waals surface area contributed by atoms with Crippen molar-refractivity contribution in [1.82, 2.24) is 4.98 Å². The molecule has 0 unspecified atom stereocenters. The Morgan fingerprint density at radius 3 is 2.79 bits per heavy atom. The summed E-state index contributed by atoms with van der Waals surface area (Å²) in [7, 11) is 0. The molecule has 1 aromatic heterocycles. The molecular formula is C14H11Cl2N3. The molecule has 0 aliphatic carbocycles. The third-order valence-electron chi connectivity index (χ3n) is 2.71. The van der Waals surface area contributed by atoms with E-state index in [0.29, 0.717) is 21.4 Å². The van der Waals surface area contributed by atoms with Gasteiger partial charge >= 0.3 is 0 Å². The Morgan fingerprint density at radius 2 is 2.11 bits per heavy atom. The Labute approximate surface area is 121 Å². The summed E-state index contributed by atoms with van der Waals surface area (Å²) in [5.74, 6) is 0.545. The van der Waals surface area contributed by atoms with E-state index in [2.05, 4.69) is 16.4 Å². The van der Waals surface area contributed by atoms with Gasteiger partial charge in [0.15, 0.2) is 0 Å². The highest BCUT2D eigenvalue weighted by Crippen LogP contribution is 2.28. The van der Waals surface area contributed by atoms with E-state index in [-0.39, 0.29) is 6.04 Å². The number of nitriles is 1. The number of hydrogen-bond donors (Lipinski definition) is 1. The van der Waals surface area contributed by atoms with Crippen molar-refractivity contribution in [2.24, 2.45) is 0 Å². The first kappa shape index (κ1) is 13.7. The summed E-state index contributed by atoms with van der Waals surface area (Å²) < 4.78 is 0. The molecule has 0 saturated carbocycles. The number of nitrogens with one attached hydrogen (secondary N) is 1. The average Bonchev–Trinajstić information content (AvgIpc) is 2.39. The predicted octanol–water partition coefficient (Wildman–Crippen LogP) is 4.43. The summed E-state index contributed by atoms with van der Waals surface area (Å²) in [6, 6.07) is 10.8. The van der Waals surface area contributed by atoms with Gasteiger partial charge in [-0.05, 0) is 36.8 Å². The van der Waals surface area contributed by atoms with Gasteiger partial charge in [-0.15, -0.1) is 0 Å². The van der Waals surface area contributed by atoms with E-state index in [1.807, 2.05) is 13.0 Å². The van der Waals surface area contributed by atoms with Crippen LogP contribution >= 0.6 is 23.2 Å². The van der Waals surface area contributed by atoms with E-state index in [4.69, 9.17) is 28.5 Å². The fourth-order valence-corrected chi connectivity index (χ4v) is 2.32. The Morgan fingerprint density at radius 1 is 1.32 bits per heavy atom. The minimum absolute atomic E-state index is 0.0771. The molecule has 0 saturated heterocycles. The zero-order valence-electron chi connectivity index (χ0n) is 10.2. The molecule has 0 fully saturated rings. The summed E-state index contributed by atoms with van der Waals surface area (Å²) in [6.07, 6.45) is 1.64. The van der Waals surface area contributed by atoms with Gasteiger partial charge < -0.3 is 5.32 Å². The first-order valence-electron chi connectivity index (χ1n) is 5.68. The van der Waals surface area contributed by atoms with Crippen LogP contribution in [0, 0.1) is 11.3 Å². The standard InChI is InChI=1S/C14H11Cl2N3/c1-9(12-5-4-11(15)7-13(12)16)19-14-10(8-17)3-2-6-18-14/h2-7,9H,1H3,(H,18,19)/t9-/m0/s1. The van der Waals surface area contributed by atoms with Crippen LogP contribution in [0.5, 0.6) is 0 Å². The second-order valence-corrected chi connectivity index (χ2v) is 4.89. The van der Waals surface area contributed by atoms with Crippen LogP contribution in [-0.4, -0.2) is 4.98 Å². The topological polar surface area (TPSA) is 48.7 Å². The van der Waals surface area contributed by atoms with Gasteiger partial charge in [-0.1, -0.05) is 29.3 Å². The monoisotopic (exact) mass is 291 g/mol. The first-order chi connectivity index (χ1) is 9.11. The van der Waals surface area contributed by atoms with Gasteiger partial charge in [0.25, 0.3) is 0 Å². The maximum absolute atomic E-state index is 9.02. The van der Waals surface area contributed by atoms with Crippen molar-refractivity contribution in [1.29, 1.82) is 5.26 Å². The molecular weight excluding hydrogens is 281 g/mol. The smallest absolute Gasteiger partial charge is 0.144 e. The van der Waals surface area contributed by atoms with Gasteiger partial charge in [0.1, 0.15) is 11.9 Å². The lowest BCUT2D eigenvalue weighted by Gasteiger charge is -2.17. The molecule has 0 amide bonds. The molecule has 5 heteroatoms. The van der Waals surface area contributed by atoms with Crippen LogP contribution in [0.25, 0.3) is 0 Å². The highest BCUT2D eigenvalue weighted by Gasteiger charge is 2.12. The van der Waals surface area contributed by atoms with Crippen LogP contribution in [0.3, 0.4) is 0 Å². The normalized spacial score (nSPS) is 11.7. The lowest BCUT2D eigenvalue weighted by Crippen LogP contribution is -2.09. The Bertz CT molecular complexity index is 635. The lowest BCUT2D eigenvalue weighted by molar-refractivity contribution is 0.874. The van der Waals surface area contributed by atoms with Crippen LogP contribution < -0.4 is 5.32 Å². The van der Waals surface area contributed by atoms with Crippen molar-refractivity contribution < 1.29 is 0 Å². The number of pyridine rings is 1. The number of nitrogens with zero attached hydrogens (tertiary/aromatic N) is 2. The second-order valence-electron chi connectivity index (χ2n) is 4.04. The van der Waals surface area contributed by atoms with E-state index in [1.54, 1.807) is 30.5 Å². The van der Waals surface area contributed by atoms with Crippen LogP contribution in [0.15, 0.2) is 36.5 Å². The van der Waals surface area contributed by atoms with Gasteiger partial charge in [-0.2, -0.15) is 5.26 Å². The van der Waals surface area contributed by atoms with Crippen LogP contribution in [0.4, 0.5) is 5.82 Å². The number of anilines is 1. The minimum Gasteiger partial charge on any atom is -0.362 e. The highest BCUT2D eigenvalue weighted by molar-refractivity contribution is 6.35. The lowest BCUT2D eigenvalue weighted by atomic mass is 10.1. The van der Waals surface area contributed by atoms with Gasteiger partial charge in [-0.25, -0.2) is 4.98 Å². The molecule has 2 rings (SSSR count). The summed E-state index contributed by atoms with van der Waals surface area (Å²) >= 11 is 12.0. The largest absolute Gasteiger partial charge is 0.362 e. The number of aromatic nitrogens is 1. The summed E-state index contributed by atoms with van der Waals surface area (Å²) in [5, 5.41) is 13.4. The van der Waals surface area contributed by atoms with Gasteiger partial charge in [0.05, 0.1) is 11.6 Å². The molecule has 2 aromatic rings. The van der Waals surface area contributed by atoms with Crippen LogP contribution in [-0.2, 0) is 0 Å². The van der Waals surface area contributed by atoms with Crippen molar-refractivity contribution in [3.8, 4) is 6.07 Å². The van der Waals surface area contributed by atoms with Crippen molar-refractivity contribution in [3.05, 3.63) is 57.7 Å². The average molecular weight is 292 g/mol. The van der Waals surface area contributed by atoms with E-state index in [0.717, 1.165) is 5.56 Å². The summed E-state index contributed by atoms with van der Waals surface area (Å²) in [5.41, 5.74) is 1.40. The van der Waals surface area contributed by atoms with Crippen LogP contribution in [0.1, 0.15) is 24.1 Å². The van der Waals surface area contributed by atoms with E-state index in [1.165, 1.54) is 0 Å². The number of rotatable bonds is 3. The zero-order chi connectivity index (χ0) is 13.8. The summed E-state index contributed by atoms with van der Waals surface area (Å²) in [4.78, 5) is 4.16. The highest BCUT2D eigenvalue weighted by atomic mass is 35.5. The molecule has 0 aliphatic heterocycles. The molecule has 96 valence electrons. The third-order valence-corrected chi connectivity index (χ3v) is 3.27. The van der Waals surface area contributed by atoms with Gasteiger partial charge in [0, 0.05) is 16.2 Å². The fraction of sp³-hybridized carbons (Fsp3) is 0.143. The quantitative estimate of drug-likeness (QED) is 0.910. The Balaban J connectivity index is 2.26. The van der Waals surface area contributed by atoms with Crippen molar-refractivity contribution >= 4 is 29.0 Å². The van der Waals surface area contributed by atoms with Crippen molar-refractivity contribution in [3.63, 3.8) is 0 Å². The molecule has 0 bridgehead atoms. The van der Waals surface area contributed by atoms with Crippen molar-refractivity contribution in [2.45, 2.75) is 13.0 Å². The Hall–Kier alpha value is -1.76. The predicted molar refractivity (Wildman–Crippen MR) is 77.5 cm³/mol. The van der Waals surface area contributed by atoms with E-state index >= 15 is 0 Å². The van der Waals surface area contributed by atoms with Gasteiger partial charge in [-0.3, -0.25) is 0 Å². The second kappa shape index (κ2) is 5.92. The SMILES string of the molecule is C[C@H](Nc1ncccc1C#N)c1ccc(Cl)cc1Cl. The molecule has 3 nitrogen and oxygen atoms in total. The molecule has 1 atom stereocenters. The molecule has 0 spiro atoms. The molecule has 19 heavy (non-hydrogen) atoms. The summed E-state index contributed by atoms with van der Waals surface area (Å²) in [6.45, 7) is 1.95. The van der Waals surface area contributed by atoms with Crippen molar-refractivity contribution in [2.75, 3.05) is 5.32 Å². The minimum atomic E-state index is -0.0771. The van der Waals surface area contributed by atoms with E-state index in [9.17, 15) is 0 Å². The Kier molecular flexibility index (Phi) is 4.26. The zero-order valence-corrected chi connectivity index (χ0v) is 11.7. The number of benzene rings is 1. The first-order valence-corrected chi connectivity index (χ1v) is 6.44. The number of halogens is 2. The van der Waals surface area contributed by atoms with E-state index < -0.39 is 0 Å². The molecule has 1 heterocycles. The molecule has 0 aliphatic rings. The fourth-order valence-electron chi connectivity index (χ4n) is 1.75. The maximum atomic E-state index is 9.02. The molecule has 1 N–H and O–H groups in total. The molecule has 1 aromatic carbocycles.